The molecular weight excluding hydrogens is 429 g/mol. The average molecular weight is 453 g/mol. The summed E-state index contributed by atoms with van der Waals surface area (Å²) < 4.78 is 18.4. The van der Waals surface area contributed by atoms with E-state index in [4.69, 9.17) is 9.57 Å². The lowest BCUT2D eigenvalue weighted by molar-refractivity contribution is -0.193. The number of hydroxylamine groups is 2. The second kappa shape index (κ2) is 10.6. The molecule has 33 heavy (non-hydrogen) atoms. The van der Waals surface area contributed by atoms with Gasteiger partial charge in [-0.15, -0.1) is 5.06 Å². The largest absolute Gasteiger partial charge is 0.503 e. The van der Waals surface area contributed by atoms with Gasteiger partial charge in [-0.2, -0.15) is 0 Å². The molecule has 9 heteroatoms. The average Bonchev–Trinajstić information content (AvgIpc) is 2.81. The summed E-state index contributed by atoms with van der Waals surface area (Å²) in [6.45, 7) is 1.45. The predicted molar refractivity (Wildman–Crippen MR) is 118 cm³/mol. The zero-order valence-electron chi connectivity index (χ0n) is 18.4. The molecular formula is C24H24FN3O5. The van der Waals surface area contributed by atoms with Crippen LogP contribution in [0.3, 0.4) is 0 Å². The van der Waals surface area contributed by atoms with E-state index in [1.165, 1.54) is 43.5 Å². The zero-order chi connectivity index (χ0) is 24.0. The van der Waals surface area contributed by atoms with Crippen molar-refractivity contribution in [3.63, 3.8) is 0 Å². The van der Waals surface area contributed by atoms with Crippen LogP contribution in [0.2, 0.25) is 0 Å². The highest BCUT2D eigenvalue weighted by Crippen LogP contribution is 2.29. The number of hydrogen-bond acceptors (Lipinski definition) is 7. The van der Waals surface area contributed by atoms with Crippen LogP contribution in [0, 0.1) is 5.82 Å². The van der Waals surface area contributed by atoms with E-state index < -0.39 is 29.7 Å². The maximum absolute atomic E-state index is 13.4. The summed E-state index contributed by atoms with van der Waals surface area (Å²) >= 11 is 0. The molecule has 1 heterocycles. The van der Waals surface area contributed by atoms with Gasteiger partial charge < -0.3 is 20.0 Å². The third kappa shape index (κ3) is 5.64. The van der Waals surface area contributed by atoms with Crippen LogP contribution in [0.5, 0.6) is 11.5 Å². The molecule has 2 N–H and O–H groups in total. The fourth-order valence-electron chi connectivity index (χ4n) is 3.26. The third-order valence-electron chi connectivity index (χ3n) is 4.92. The Morgan fingerprint density at radius 3 is 2.33 bits per heavy atom. The van der Waals surface area contributed by atoms with Crippen LogP contribution in [0.15, 0.2) is 66.9 Å². The van der Waals surface area contributed by atoms with Gasteiger partial charge in [0.2, 0.25) is 0 Å². The van der Waals surface area contributed by atoms with Crippen molar-refractivity contribution in [3.05, 3.63) is 89.5 Å². The Kier molecular flexibility index (Phi) is 7.57. The van der Waals surface area contributed by atoms with Gasteiger partial charge in [0, 0.05) is 19.3 Å². The van der Waals surface area contributed by atoms with Gasteiger partial charge in [0.05, 0.1) is 13.2 Å². The fourth-order valence-corrected chi connectivity index (χ4v) is 3.26. The summed E-state index contributed by atoms with van der Waals surface area (Å²) in [5.41, 5.74) is 1.25. The molecule has 0 aliphatic heterocycles. The quantitative estimate of drug-likeness (QED) is 0.505. The first-order chi connectivity index (χ1) is 15.8. The van der Waals surface area contributed by atoms with Crippen molar-refractivity contribution in [3.8, 4) is 11.5 Å². The Balaban J connectivity index is 1.74. The smallest absolute Gasteiger partial charge is 0.347 e. The Morgan fingerprint density at radius 1 is 1.06 bits per heavy atom. The first kappa shape index (κ1) is 23.7. The first-order valence-electron chi connectivity index (χ1n) is 10.1. The first-order valence-corrected chi connectivity index (χ1v) is 10.1. The van der Waals surface area contributed by atoms with Crippen LogP contribution >= 0.6 is 0 Å². The van der Waals surface area contributed by atoms with E-state index in [0.29, 0.717) is 5.56 Å². The van der Waals surface area contributed by atoms with Gasteiger partial charge in [0.25, 0.3) is 5.91 Å². The van der Waals surface area contributed by atoms with Crippen LogP contribution < -0.4 is 10.1 Å². The Hall–Kier alpha value is -3.98. The molecule has 0 fully saturated rings. The minimum absolute atomic E-state index is 0.0788. The number of aromatic nitrogens is 1. The molecule has 0 aliphatic carbocycles. The summed E-state index contributed by atoms with van der Waals surface area (Å²) in [4.78, 5) is 34.5. The Labute approximate surface area is 190 Å². The maximum Gasteiger partial charge on any atom is 0.347 e. The van der Waals surface area contributed by atoms with Gasteiger partial charge in [0.15, 0.2) is 17.2 Å². The Morgan fingerprint density at radius 2 is 1.70 bits per heavy atom. The monoisotopic (exact) mass is 453 g/mol. The molecule has 1 aromatic heterocycles. The van der Waals surface area contributed by atoms with Crippen molar-refractivity contribution in [1.82, 2.24) is 15.4 Å². The van der Waals surface area contributed by atoms with E-state index in [1.54, 1.807) is 19.2 Å². The number of amides is 1. The van der Waals surface area contributed by atoms with E-state index in [1.807, 2.05) is 30.3 Å². The topological polar surface area (TPSA) is 101 Å². The molecule has 2 atom stereocenters. The van der Waals surface area contributed by atoms with E-state index in [0.717, 1.165) is 5.56 Å². The predicted octanol–water partition coefficient (Wildman–Crippen LogP) is 3.23. The SMILES string of the molecule is COc1ccnc(C(=O)N[C@@H](C)C(=O)ON(C)C(c2ccccc2)c2ccc(F)cc2)c1O. The van der Waals surface area contributed by atoms with Crippen LogP contribution in [-0.4, -0.2) is 47.2 Å². The number of ether oxygens (including phenoxy) is 1. The highest BCUT2D eigenvalue weighted by atomic mass is 19.1. The lowest BCUT2D eigenvalue weighted by Crippen LogP contribution is -2.42. The number of hydrogen-bond donors (Lipinski definition) is 2. The number of nitrogens with zero attached hydrogens (tertiary/aromatic N) is 2. The number of rotatable bonds is 8. The lowest BCUT2D eigenvalue weighted by Gasteiger charge is -2.28. The number of methoxy groups -OCH3 is 1. The molecule has 0 saturated heterocycles. The fraction of sp³-hybridized carbons (Fsp3) is 0.208. The van der Waals surface area contributed by atoms with Gasteiger partial charge in [-0.1, -0.05) is 42.5 Å². The molecule has 2 aromatic carbocycles. The number of aromatic hydroxyl groups is 1. The van der Waals surface area contributed by atoms with Crippen molar-refractivity contribution < 1.29 is 28.7 Å². The van der Waals surface area contributed by atoms with E-state index in [2.05, 4.69) is 10.3 Å². The second-order valence-corrected chi connectivity index (χ2v) is 7.23. The van der Waals surface area contributed by atoms with Crippen molar-refractivity contribution in [2.24, 2.45) is 0 Å². The normalized spacial score (nSPS) is 12.6. The number of carbonyl (C=O) groups excluding carboxylic acids is 2. The van der Waals surface area contributed by atoms with Gasteiger partial charge in [-0.3, -0.25) is 4.79 Å². The van der Waals surface area contributed by atoms with Crippen LogP contribution in [0.4, 0.5) is 4.39 Å². The molecule has 8 nitrogen and oxygen atoms in total. The number of pyridine rings is 1. The summed E-state index contributed by atoms with van der Waals surface area (Å²) in [6.07, 6.45) is 1.30. The second-order valence-electron chi connectivity index (χ2n) is 7.23. The summed E-state index contributed by atoms with van der Waals surface area (Å²) in [6, 6.07) is 15.0. The minimum Gasteiger partial charge on any atom is -0.503 e. The molecule has 0 radical (unpaired) electrons. The molecule has 1 unspecified atom stereocenters. The minimum atomic E-state index is -1.06. The summed E-state index contributed by atoms with van der Waals surface area (Å²) in [5.74, 6) is -2.24. The van der Waals surface area contributed by atoms with Gasteiger partial charge >= 0.3 is 5.97 Å². The zero-order valence-corrected chi connectivity index (χ0v) is 18.4. The van der Waals surface area contributed by atoms with Crippen LogP contribution in [-0.2, 0) is 9.63 Å². The van der Waals surface area contributed by atoms with Crippen LogP contribution in [0.1, 0.15) is 34.6 Å². The van der Waals surface area contributed by atoms with E-state index >= 15 is 0 Å². The van der Waals surface area contributed by atoms with Gasteiger partial charge in [-0.25, -0.2) is 14.2 Å². The third-order valence-corrected chi connectivity index (χ3v) is 4.92. The standard InChI is InChI=1S/C24H24FN3O5/c1-15(27-23(30)20-22(29)19(32-3)13-14-26-20)24(31)33-28(2)21(16-7-5-4-6-8-16)17-9-11-18(25)12-10-17/h4-15,21,29H,1-3H3,(H,27,30)/t15-,21?/m0/s1. The molecule has 172 valence electrons. The highest BCUT2D eigenvalue weighted by Gasteiger charge is 2.27. The number of nitrogens with one attached hydrogen (secondary N) is 1. The molecule has 0 aliphatic rings. The van der Waals surface area contributed by atoms with Crippen molar-refractivity contribution in [1.29, 1.82) is 0 Å². The molecule has 0 bridgehead atoms. The van der Waals surface area contributed by atoms with Gasteiger partial charge in [-0.05, 0) is 30.2 Å². The molecule has 3 rings (SSSR count). The van der Waals surface area contributed by atoms with Gasteiger partial charge in [0.1, 0.15) is 11.9 Å². The van der Waals surface area contributed by atoms with Crippen molar-refractivity contribution in [2.45, 2.75) is 19.0 Å². The summed E-state index contributed by atoms with van der Waals surface area (Å²) in [5, 5.41) is 13.9. The summed E-state index contributed by atoms with van der Waals surface area (Å²) in [7, 11) is 2.92. The van der Waals surface area contributed by atoms with Crippen molar-refractivity contribution >= 4 is 11.9 Å². The number of halogens is 1. The lowest BCUT2D eigenvalue weighted by atomic mass is 9.99. The Bertz CT molecular complexity index is 1110. The van der Waals surface area contributed by atoms with Crippen LogP contribution in [0.25, 0.3) is 0 Å². The van der Waals surface area contributed by atoms with E-state index in [-0.39, 0.29) is 17.3 Å². The molecule has 0 spiro atoms. The molecule has 3 aromatic rings. The highest BCUT2D eigenvalue weighted by molar-refractivity contribution is 5.97. The number of benzene rings is 2. The molecule has 1 amide bonds. The van der Waals surface area contributed by atoms with Crippen molar-refractivity contribution in [2.75, 3.05) is 14.2 Å². The number of carbonyl (C=O) groups is 2. The van der Waals surface area contributed by atoms with E-state index in [9.17, 15) is 19.1 Å². The maximum atomic E-state index is 13.4. The molecule has 0 saturated carbocycles.